The van der Waals surface area contributed by atoms with Gasteiger partial charge in [-0.25, -0.2) is 0 Å². The van der Waals surface area contributed by atoms with E-state index in [4.69, 9.17) is 23.2 Å². The second kappa shape index (κ2) is 8.70. The zero-order valence-corrected chi connectivity index (χ0v) is 15.6. The fourth-order valence-corrected chi connectivity index (χ4v) is 3.79. The van der Waals surface area contributed by atoms with Gasteiger partial charge >= 0.3 is 0 Å². The van der Waals surface area contributed by atoms with Gasteiger partial charge in [0.1, 0.15) is 0 Å². The monoisotopic (exact) mass is 376 g/mol. The molecule has 1 saturated heterocycles. The van der Waals surface area contributed by atoms with Crippen LogP contribution in [-0.4, -0.2) is 36.5 Å². The first-order valence-electron chi connectivity index (χ1n) is 8.64. The maximum absolute atomic E-state index is 12.2. The maximum Gasteiger partial charge on any atom is 0.251 e. The third-order valence-electron chi connectivity index (χ3n) is 4.70. The minimum atomic E-state index is 0.0156. The number of hydrogen-bond acceptors (Lipinski definition) is 2. The molecule has 5 heteroatoms. The van der Waals surface area contributed by atoms with Gasteiger partial charge in [0.15, 0.2) is 0 Å². The van der Waals surface area contributed by atoms with Crippen LogP contribution < -0.4 is 5.32 Å². The second-order valence-electron chi connectivity index (χ2n) is 6.41. The lowest BCUT2D eigenvalue weighted by Crippen LogP contribution is -2.45. The molecular formula is C20H22Cl2N2O. The van der Waals surface area contributed by atoms with E-state index >= 15 is 0 Å². The topological polar surface area (TPSA) is 32.3 Å². The molecule has 1 aliphatic heterocycles. The van der Waals surface area contributed by atoms with Crippen molar-refractivity contribution in [2.45, 2.75) is 25.3 Å². The predicted octanol–water partition coefficient (Wildman–Crippen LogP) is 4.43. The summed E-state index contributed by atoms with van der Waals surface area (Å²) in [6, 6.07) is 15.3. The molecule has 0 aliphatic carbocycles. The predicted molar refractivity (Wildman–Crippen MR) is 104 cm³/mol. The van der Waals surface area contributed by atoms with Crippen LogP contribution in [0.4, 0.5) is 0 Å². The van der Waals surface area contributed by atoms with Crippen molar-refractivity contribution in [3.05, 3.63) is 69.7 Å². The number of rotatable bonds is 5. The molecule has 0 unspecified atom stereocenters. The summed E-state index contributed by atoms with van der Waals surface area (Å²) < 4.78 is 0. The van der Waals surface area contributed by atoms with E-state index in [0.29, 0.717) is 0 Å². The van der Waals surface area contributed by atoms with E-state index in [2.05, 4.69) is 10.2 Å². The Morgan fingerprint density at radius 1 is 1.00 bits per heavy atom. The van der Waals surface area contributed by atoms with E-state index in [1.165, 1.54) is 0 Å². The Bertz CT molecular complexity index is 693. The van der Waals surface area contributed by atoms with Crippen LogP contribution in [0.2, 0.25) is 10.0 Å². The zero-order chi connectivity index (χ0) is 17.6. The fourth-order valence-electron chi connectivity index (χ4n) is 3.20. The molecule has 1 aliphatic rings. The number of piperidine rings is 1. The molecule has 1 amide bonds. The molecule has 2 aromatic rings. The molecule has 3 rings (SSSR count). The number of carbonyl (C=O) groups excluding carboxylic acids is 1. The lowest BCUT2D eigenvalue weighted by molar-refractivity contribution is 0.0911. The molecule has 0 bridgehead atoms. The average molecular weight is 377 g/mol. The zero-order valence-electron chi connectivity index (χ0n) is 14.1. The van der Waals surface area contributed by atoms with Crippen molar-refractivity contribution in [2.75, 3.05) is 19.6 Å². The van der Waals surface area contributed by atoms with E-state index in [1.807, 2.05) is 48.5 Å². The largest absolute Gasteiger partial charge is 0.349 e. The molecule has 1 N–H and O–H groups in total. The van der Waals surface area contributed by atoms with E-state index < -0.39 is 0 Å². The van der Waals surface area contributed by atoms with Crippen molar-refractivity contribution in [3.8, 4) is 0 Å². The Kier molecular flexibility index (Phi) is 6.35. The van der Waals surface area contributed by atoms with E-state index in [9.17, 15) is 4.79 Å². The molecule has 1 heterocycles. The molecule has 0 radical (unpaired) electrons. The average Bonchev–Trinajstić information content (AvgIpc) is 2.63. The minimum absolute atomic E-state index is 0.0156. The third kappa shape index (κ3) is 4.97. The summed E-state index contributed by atoms with van der Waals surface area (Å²) in [4.78, 5) is 14.6. The first kappa shape index (κ1) is 18.2. The summed E-state index contributed by atoms with van der Waals surface area (Å²) in [5, 5.41) is 4.61. The molecule has 25 heavy (non-hydrogen) atoms. The molecule has 1 fully saturated rings. The first-order valence-corrected chi connectivity index (χ1v) is 9.40. The molecule has 2 aromatic carbocycles. The second-order valence-corrected chi connectivity index (χ2v) is 7.22. The number of hydrogen-bond donors (Lipinski definition) is 1. The quantitative estimate of drug-likeness (QED) is 0.836. The van der Waals surface area contributed by atoms with Gasteiger partial charge in [-0.05, 0) is 49.1 Å². The number of nitrogens with one attached hydrogen (secondary N) is 1. The van der Waals surface area contributed by atoms with Gasteiger partial charge in [-0.1, -0.05) is 47.5 Å². The number of benzene rings is 2. The highest BCUT2D eigenvalue weighted by Gasteiger charge is 2.21. The standard InChI is InChI=1S/C20H22Cl2N2O/c21-18-7-4-8-19(22)17(18)11-14-24-12-9-16(10-13-24)23-20(25)15-5-2-1-3-6-15/h1-8,16H,9-14H2,(H,23,25). The number of carbonyl (C=O) groups is 1. The highest BCUT2D eigenvalue weighted by molar-refractivity contribution is 6.35. The number of halogens is 2. The molecule has 0 aromatic heterocycles. The van der Waals surface area contributed by atoms with Crippen molar-refractivity contribution in [1.29, 1.82) is 0 Å². The first-order chi connectivity index (χ1) is 12.1. The Labute approximate surface area is 158 Å². The smallest absolute Gasteiger partial charge is 0.251 e. The normalized spacial score (nSPS) is 15.9. The number of nitrogens with zero attached hydrogens (tertiary/aromatic N) is 1. The molecule has 0 saturated carbocycles. The summed E-state index contributed by atoms with van der Waals surface area (Å²) in [6.07, 6.45) is 2.78. The SMILES string of the molecule is O=C(NC1CCN(CCc2c(Cl)cccc2Cl)CC1)c1ccccc1. The summed E-state index contributed by atoms with van der Waals surface area (Å²) in [5.74, 6) is 0.0156. The van der Waals surface area contributed by atoms with Gasteiger partial charge in [-0.15, -0.1) is 0 Å². The van der Waals surface area contributed by atoms with Crippen LogP contribution in [0.1, 0.15) is 28.8 Å². The van der Waals surface area contributed by atoms with Gasteiger partial charge in [0.05, 0.1) is 0 Å². The molecule has 3 nitrogen and oxygen atoms in total. The van der Waals surface area contributed by atoms with Gasteiger partial charge in [-0.3, -0.25) is 4.79 Å². The highest BCUT2D eigenvalue weighted by atomic mass is 35.5. The Morgan fingerprint density at radius 3 is 2.28 bits per heavy atom. The van der Waals surface area contributed by atoms with Crippen LogP contribution >= 0.6 is 23.2 Å². The van der Waals surface area contributed by atoms with Crippen molar-refractivity contribution in [1.82, 2.24) is 10.2 Å². The Balaban J connectivity index is 1.45. The number of amides is 1. The molecule has 0 atom stereocenters. The van der Waals surface area contributed by atoms with Crippen molar-refractivity contribution in [2.24, 2.45) is 0 Å². The van der Waals surface area contributed by atoms with Gasteiger partial charge in [-0.2, -0.15) is 0 Å². The van der Waals surface area contributed by atoms with E-state index in [1.54, 1.807) is 0 Å². The lowest BCUT2D eigenvalue weighted by Gasteiger charge is -2.32. The third-order valence-corrected chi connectivity index (χ3v) is 5.41. The highest BCUT2D eigenvalue weighted by Crippen LogP contribution is 2.25. The van der Waals surface area contributed by atoms with Gasteiger partial charge < -0.3 is 10.2 Å². The van der Waals surface area contributed by atoms with E-state index in [-0.39, 0.29) is 11.9 Å². The summed E-state index contributed by atoms with van der Waals surface area (Å²) in [5.41, 5.74) is 1.74. The van der Waals surface area contributed by atoms with Crippen LogP contribution in [0, 0.1) is 0 Å². The van der Waals surface area contributed by atoms with Gasteiger partial charge in [0.25, 0.3) is 5.91 Å². The van der Waals surface area contributed by atoms with Crippen LogP contribution in [0.15, 0.2) is 48.5 Å². The molecule has 132 valence electrons. The van der Waals surface area contributed by atoms with Crippen molar-refractivity contribution < 1.29 is 4.79 Å². The van der Waals surface area contributed by atoms with Gasteiger partial charge in [0.2, 0.25) is 0 Å². The van der Waals surface area contributed by atoms with E-state index in [0.717, 1.165) is 60.1 Å². The van der Waals surface area contributed by atoms with Crippen LogP contribution in [0.25, 0.3) is 0 Å². The summed E-state index contributed by atoms with van der Waals surface area (Å²) in [7, 11) is 0. The fraction of sp³-hybridized carbons (Fsp3) is 0.350. The lowest BCUT2D eigenvalue weighted by atomic mass is 10.0. The minimum Gasteiger partial charge on any atom is -0.349 e. The van der Waals surface area contributed by atoms with Crippen LogP contribution in [0.5, 0.6) is 0 Å². The van der Waals surface area contributed by atoms with Crippen molar-refractivity contribution in [3.63, 3.8) is 0 Å². The number of likely N-dealkylation sites (tertiary alicyclic amines) is 1. The van der Waals surface area contributed by atoms with Crippen molar-refractivity contribution >= 4 is 29.1 Å². The Morgan fingerprint density at radius 2 is 1.64 bits per heavy atom. The summed E-state index contributed by atoms with van der Waals surface area (Å²) >= 11 is 12.5. The summed E-state index contributed by atoms with van der Waals surface area (Å²) in [6.45, 7) is 2.88. The molecule has 0 spiro atoms. The molecular weight excluding hydrogens is 355 g/mol. The maximum atomic E-state index is 12.2. The Hall–Kier alpha value is -1.55. The van der Waals surface area contributed by atoms with Gasteiger partial charge in [0, 0.05) is 41.3 Å². The van der Waals surface area contributed by atoms with Crippen LogP contribution in [0.3, 0.4) is 0 Å². The van der Waals surface area contributed by atoms with Crippen LogP contribution in [-0.2, 0) is 6.42 Å².